The quantitative estimate of drug-likeness (QED) is 0.770. The molecular weight excluding hydrogens is 290 g/mol. The monoisotopic (exact) mass is 305 g/mol. The van der Waals surface area contributed by atoms with Crippen LogP contribution in [-0.2, 0) is 4.79 Å². The van der Waals surface area contributed by atoms with Crippen molar-refractivity contribution >= 4 is 28.8 Å². The Kier molecular flexibility index (Phi) is 4.35. The van der Waals surface area contributed by atoms with E-state index in [0.29, 0.717) is 4.91 Å². The fraction of sp³-hybridized carbons (Fsp3) is 0.0526. The van der Waals surface area contributed by atoms with Crippen LogP contribution in [0.2, 0.25) is 0 Å². The van der Waals surface area contributed by atoms with Gasteiger partial charge in [-0.15, -0.1) is 0 Å². The lowest BCUT2D eigenvalue weighted by molar-refractivity contribution is -0.113. The zero-order valence-corrected chi connectivity index (χ0v) is 13.0. The van der Waals surface area contributed by atoms with Crippen LogP contribution in [0.15, 0.2) is 82.2 Å². The zero-order valence-electron chi connectivity index (χ0n) is 12.2. The second kappa shape index (κ2) is 6.58. The summed E-state index contributed by atoms with van der Waals surface area (Å²) in [6.45, 7) is 1.99. The summed E-state index contributed by atoms with van der Waals surface area (Å²) in [5, 5.41) is 0.768. The van der Waals surface area contributed by atoms with Gasteiger partial charge < -0.3 is 0 Å². The molecular formula is C19H15NOS. The van der Waals surface area contributed by atoms with Crippen LogP contribution in [0, 0.1) is 0 Å². The number of nitrogens with zero attached hydrogens (tertiary/aromatic N) is 1. The van der Waals surface area contributed by atoms with Gasteiger partial charge in [-0.05, 0) is 24.1 Å². The van der Waals surface area contributed by atoms with E-state index < -0.39 is 0 Å². The first-order valence-electron chi connectivity index (χ1n) is 7.04. The van der Waals surface area contributed by atoms with Crippen LogP contribution in [0.3, 0.4) is 0 Å². The van der Waals surface area contributed by atoms with Gasteiger partial charge in [-0.3, -0.25) is 4.79 Å². The van der Waals surface area contributed by atoms with Gasteiger partial charge in [0.15, 0.2) is 0 Å². The van der Waals surface area contributed by atoms with E-state index in [1.807, 2.05) is 73.7 Å². The molecule has 0 bridgehead atoms. The topological polar surface area (TPSA) is 29.4 Å². The Morgan fingerprint density at radius 1 is 1.00 bits per heavy atom. The van der Waals surface area contributed by atoms with Gasteiger partial charge in [0.2, 0.25) is 0 Å². The summed E-state index contributed by atoms with van der Waals surface area (Å²) in [6, 6.07) is 19.8. The summed E-state index contributed by atoms with van der Waals surface area (Å²) in [6.07, 6.45) is 3.96. The third kappa shape index (κ3) is 3.43. The smallest absolute Gasteiger partial charge is 0.266 e. The highest BCUT2D eigenvalue weighted by Gasteiger charge is 2.22. The molecule has 3 rings (SSSR count). The van der Waals surface area contributed by atoms with Crippen molar-refractivity contribution in [1.29, 1.82) is 0 Å². The average Bonchev–Trinajstić information content (AvgIpc) is 2.90. The third-order valence-electron chi connectivity index (χ3n) is 3.19. The molecule has 1 amide bonds. The summed E-state index contributed by atoms with van der Waals surface area (Å²) in [7, 11) is 0. The number of thioether (sulfide) groups is 1. The maximum absolute atomic E-state index is 12.0. The van der Waals surface area contributed by atoms with Gasteiger partial charge in [-0.2, -0.15) is 0 Å². The van der Waals surface area contributed by atoms with E-state index in [0.717, 1.165) is 21.7 Å². The van der Waals surface area contributed by atoms with Gasteiger partial charge in [-0.1, -0.05) is 78.5 Å². The molecule has 2 nitrogen and oxygen atoms in total. The van der Waals surface area contributed by atoms with Gasteiger partial charge in [0.05, 0.1) is 4.91 Å². The van der Waals surface area contributed by atoms with Crippen molar-refractivity contribution in [2.24, 2.45) is 4.99 Å². The van der Waals surface area contributed by atoms with E-state index in [1.165, 1.54) is 11.8 Å². The molecule has 2 aromatic rings. The van der Waals surface area contributed by atoms with Crippen molar-refractivity contribution in [3.8, 4) is 0 Å². The lowest BCUT2D eigenvalue weighted by atomic mass is 10.1. The van der Waals surface area contributed by atoms with Crippen molar-refractivity contribution < 1.29 is 4.79 Å². The average molecular weight is 305 g/mol. The van der Waals surface area contributed by atoms with Gasteiger partial charge in [0.25, 0.3) is 5.91 Å². The second-order valence-electron chi connectivity index (χ2n) is 5.00. The van der Waals surface area contributed by atoms with Gasteiger partial charge in [0, 0.05) is 5.56 Å². The number of carbonyl (C=O) groups excluding carboxylic acids is 1. The summed E-state index contributed by atoms with van der Waals surface area (Å²) in [4.78, 5) is 16.9. The minimum absolute atomic E-state index is 0.162. The Labute approximate surface area is 134 Å². The summed E-state index contributed by atoms with van der Waals surface area (Å²) < 4.78 is 0. The van der Waals surface area contributed by atoms with E-state index in [-0.39, 0.29) is 5.91 Å². The van der Waals surface area contributed by atoms with Gasteiger partial charge in [-0.25, -0.2) is 4.99 Å². The minimum atomic E-state index is -0.162. The predicted octanol–water partition coefficient (Wildman–Crippen LogP) is 4.69. The molecule has 0 atom stereocenters. The van der Waals surface area contributed by atoms with Crippen molar-refractivity contribution in [1.82, 2.24) is 0 Å². The van der Waals surface area contributed by atoms with Crippen LogP contribution < -0.4 is 0 Å². The summed E-state index contributed by atoms with van der Waals surface area (Å²) in [5.41, 5.74) is 3.14. The van der Waals surface area contributed by atoms with Crippen molar-refractivity contribution in [3.63, 3.8) is 0 Å². The van der Waals surface area contributed by atoms with Crippen molar-refractivity contribution in [2.75, 3.05) is 0 Å². The van der Waals surface area contributed by atoms with E-state index in [1.54, 1.807) is 0 Å². The molecule has 0 saturated carbocycles. The maximum Gasteiger partial charge on any atom is 0.284 e. The van der Waals surface area contributed by atoms with Crippen LogP contribution in [0.25, 0.3) is 6.08 Å². The molecule has 0 saturated heterocycles. The highest BCUT2D eigenvalue weighted by atomic mass is 32.2. The van der Waals surface area contributed by atoms with E-state index in [2.05, 4.69) is 11.1 Å². The third-order valence-corrected chi connectivity index (χ3v) is 4.23. The molecule has 0 spiro atoms. The van der Waals surface area contributed by atoms with Crippen LogP contribution in [0.4, 0.5) is 0 Å². The Morgan fingerprint density at radius 2 is 1.64 bits per heavy atom. The van der Waals surface area contributed by atoms with Gasteiger partial charge in [0.1, 0.15) is 5.04 Å². The molecule has 0 radical (unpaired) electrons. The standard InChI is InChI=1S/C19H15NOS/c1-14(12-15-8-4-2-5-9-15)13-17-18(21)20-19(22-17)16-10-6-3-7-11-16/h2-13H,1H3/b14-12-,17-13+. The lowest BCUT2D eigenvalue weighted by Crippen LogP contribution is -1.89. The van der Waals surface area contributed by atoms with Crippen LogP contribution in [0.5, 0.6) is 0 Å². The summed E-state index contributed by atoms with van der Waals surface area (Å²) in [5.74, 6) is -0.162. The first-order valence-corrected chi connectivity index (χ1v) is 7.85. The molecule has 1 aliphatic heterocycles. The van der Waals surface area contributed by atoms with Crippen molar-refractivity contribution in [3.05, 3.63) is 88.3 Å². The molecule has 0 aliphatic carbocycles. The predicted molar refractivity (Wildman–Crippen MR) is 93.8 cm³/mol. The Bertz CT molecular complexity index is 774. The number of hydrogen-bond donors (Lipinski definition) is 0. The molecule has 0 unspecified atom stereocenters. The normalized spacial score (nSPS) is 17.0. The van der Waals surface area contributed by atoms with E-state index >= 15 is 0 Å². The molecule has 0 aromatic heterocycles. The Morgan fingerprint density at radius 3 is 2.32 bits per heavy atom. The Hall–Kier alpha value is -2.39. The van der Waals surface area contributed by atoms with Crippen LogP contribution in [-0.4, -0.2) is 11.0 Å². The highest BCUT2D eigenvalue weighted by Crippen LogP contribution is 2.31. The molecule has 0 N–H and O–H groups in total. The first-order chi connectivity index (χ1) is 10.7. The SMILES string of the molecule is CC(=C/c1ccccc1)/C=C1/SC(c2ccccc2)=NC1=O. The zero-order chi connectivity index (χ0) is 15.4. The number of allylic oxidation sites excluding steroid dienone is 2. The number of rotatable bonds is 3. The van der Waals surface area contributed by atoms with Crippen molar-refractivity contribution in [2.45, 2.75) is 6.92 Å². The molecule has 1 aliphatic rings. The minimum Gasteiger partial charge on any atom is -0.266 e. The number of aliphatic imine (C=N–C) groups is 1. The molecule has 3 heteroatoms. The van der Waals surface area contributed by atoms with Crippen LogP contribution >= 0.6 is 11.8 Å². The fourth-order valence-corrected chi connectivity index (χ4v) is 3.14. The lowest BCUT2D eigenvalue weighted by Gasteiger charge is -1.99. The largest absolute Gasteiger partial charge is 0.284 e. The second-order valence-corrected chi connectivity index (χ2v) is 6.03. The van der Waals surface area contributed by atoms with Crippen LogP contribution in [0.1, 0.15) is 18.1 Å². The number of hydrogen-bond acceptors (Lipinski definition) is 2. The van der Waals surface area contributed by atoms with E-state index in [4.69, 9.17) is 0 Å². The number of amides is 1. The molecule has 1 heterocycles. The molecule has 108 valence electrons. The Balaban J connectivity index is 1.80. The first kappa shape index (κ1) is 14.5. The highest BCUT2D eigenvalue weighted by molar-refractivity contribution is 8.19. The maximum atomic E-state index is 12.0. The van der Waals surface area contributed by atoms with E-state index in [9.17, 15) is 4.79 Å². The molecule has 2 aromatic carbocycles. The number of carbonyl (C=O) groups is 1. The molecule has 22 heavy (non-hydrogen) atoms. The van der Waals surface area contributed by atoms with Gasteiger partial charge >= 0.3 is 0 Å². The molecule has 0 fully saturated rings. The number of benzene rings is 2. The fourth-order valence-electron chi connectivity index (χ4n) is 2.17. The summed E-state index contributed by atoms with van der Waals surface area (Å²) >= 11 is 1.43.